The molecule has 30 heavy (non-hydrogen) atoms. The highest BCUT2D eigenvalue weighted by Gasteiger charge is 2.22. The second kappa shape index (κ2) is 9.78. The Kier molecular flexibility index (Phi) is 7.35. The molecule has 5 nitrogen and oxygen atoms in total. The first kappa shape index (κ1) is 22.5. The topological polar surface area (TPSA) is 43.8 Å². The molecule has 1 aromatic heterocycles. The predicted octanol–water partition coefficient (Wildman–Crippen LogP) is 2.58. The van der Waals surface area contributed by atoms with Gasteiger partial charge >= 0.3 is 0 Å². The number of aromatic nitrogens is 1. The molecule has 1 fully saturated rings. The molecule has 1 aliphatic rings. The molecule has 1 atom stereocenters. The third-order valence-electron chi connectivity index (χ3n) is 4.92. The number of halogens is 2. The summed E-state index contributed by atoms with van der Waals surface area (Å²) in [5.41, 5.74) is 0.784. The summed E-state index contributed by atoms with van der Waals surface area (Å²) in [7, 11) is 5.50. The maximum absolute atomic E-state index is 15.3. The first-order valence-corrected chi connectivity index (χ1v) is 10.4. The number of allylic oxidation sites excluding steroid dienone is 1. The van der Waals surface area contributed by atoms with E-state index in [0.29, 0.717) is 59.5 Å². The van der Waals surface area contributed by atoms with Crippen LogP contribution in [-0.2, 0) is 4.74 Å². The Labute approximate surface area is 183 Å². The molecular weight excluding hydrogens is 426 g/mol. The van der Waals surface area contributed by atoms with Gasteiger partial charge in [0.15, 0.2) is 11.6 Å². The third-order valence-corrected chi connectivity index (χ3v) is 5.60. The van der Waals surface area contributed by atoms with E-state index >= 15 is 4.39 Å². The average Bonchev–Trinajstić information content (AvgIpc) is 2.75. The number of hydrogen-bond donors (Lipinski definition) is 0. The van der Waals surface area contributed by atoms with Crippen molar-refractivity contribution >= 4 is 44.1 Å². The highest BCUT2D eigenvalue weighted by Crippen LogP contribution is 2.33. The van der Waals surface area contributed by atoms with Gasteiger partial charge in [0.05, 0.1) is 38.7 Å². The zero-order chi connectivity index (χ0) is 21.8. The molecule has 0 N–H and O–H groups in total. The van der Waals surface area contributed by atoms with Gasteiger partial charge in [0.25, 0.3) is 0 Å². The van der Waals surface area contributed by atoms with Crippen LogP contribution in [-0.4, -0.2) is 45.5 Å². The Morgan fingerprint density at radius 1 is 1.27 bits per heavy atom. The van der Waals surface area contributed by atoms with Crippen molar-refractivity contribution in [3.05, 3.63) is 40.0 Å². The average molecular weight is 451 g/mol. The minimum Gasteiger partial charge on any atom is -0.496 e. The normalized spacial score (nSPS) is 15.5. The van der Waals surface area contributed by atoms with Gasteiger partial charge in [0.2, 0.25) is 0 Å². The summed E-state index contributed by atoms with van der Waals surface area (Å²) in [5, 5.41) is 2.66. The van der Waals surface area contributed by atoms with E-state index in [4.69, 9.17) is 30.8 Å². The zero-order valence-corrected chi connectivity index (χ0v) is 19.2. The van der Waals surface area contributed by atoms with Gasteiger partial charge < -0.3 is 19.1 Å². The Balaban J connectivity index is 2.37. The smallest absolute Gasteiger partial charge is 0.175 e. The van der Waals surface area contributed by atoms with Gasteiger partial charge in [0, 0.05) is 34.7 Å². The number of methoxy groups -OCH3 is 2. The zero-order valence-electron chi connectivity index (χ0n) is 17.3. The second-order valence-electron chi connectivity index (χ2n) is 6.70. The molecule has 2 aromatic rings. The molecule has 0 aliphatic carbocycles. The summed E-state index contributed by atoms with van der Waals surface area (Å²) in [6.07, 6.45) is 3.72. The fourth-order valence-electron chi connectivity index (χ4n) is 3.44. The molecule has 8 heteroatoms. The number of nitrogens with zero attached hydrogens (tertiary/aromatic N) is 2. The summed E-state index contributed by atoms with van der Waals surface area (Å²) in [4.78, 5) is 6.97. The second-order valence-corrected chi connectivity index (χ2v) is 7.76. The van der Waals surface area contributed by atoms with Crippen LogP contribution in [0.1, 0.15) is 6.92 Å². The SMILES string of the molecule is C=C(Cl)/C=c1/c(N2CCOCC2)nc(-c2c(F)c(OC)cc(OC)c2P)c/c1=C/C. The van der Waals surface area contributed by atoms with Crippen molar-refractivity contribution in [2.75, 3.05) is 45.4 Å². The van der Waals surface area contributed by atoms with Gasteiger partial charge in [-0.3, -0.25) is 0 Å². The first-order chi connectivity index (χ1) is 14.4. The molecule has 0 spiro atoms. The molecule has 0 amide bonds. The number of rotatable bonds is 5. The van der Waals surface area contributed by atoms with Gasteiger partial charge in [-0.1, -0.05) is 24.3 Å². The van der Waals surface area contributed by atoms with Gasteiger partial charge in [-0.15, -0.1) is 9.24 Å². The molecular formula is C22H25ClFN2O3P. The summed E-state index contributed by atoms with van der Waals surface area (Å²) in [6.45, 7) is 8.24. The van der Waals surface area contributed by atoms with Crippen molar-refractivity contribution in [1.82, 2.24) is 4.98 Å². The van der Waals surface area contributed by atoms with Crippen molar-refractivity contribution < 1.29 is 18.6 Å². The maximum atomic E-state index is 15.3. The lowest BCUT2D eigenvalue weighted by Crippen LogP contribution is -2.43. The van der Waals surface area contributed by atoms with Crippen molar-refractivity contribution in [3.8, 4) is 22.8 Å². The lowest BCUT2D eigenvalue weighted by molar-refractivity contribution is 0.122. The summed E-state index contributed by atoms with van der Waals surface area (Å²) < 4.78 is 31.5. The van der Waals surface area contributed by atoms with Crippen LogP contribution in [0.5, 0.6) is 11.5 Å². The van der Waals surface area contributed by atoms with E-state index in [1.807, 2.05) is 19.1 Å². The number of benzene rings is 1. The molecule has 0 saturated carbocycles. The lowest BCUT2D eigenvalue weighted by Gasteiger charge is -2.29. The van der Waals surface area contributed by atoms with E-state index in [9.17, 15) is 0 Å². The quantitative estimate of drug-likeness (QED) is 0.655. The van der Waals surface area contributed by atoms with Crippen LogP contribution in [0.2, 0.25) is 0 Å². The van der Waals surface area contributed by atoms with Gasteiger partial charge in [-0.2, -0.15) is 0 Å². The Hall–Kier alpha value is -2.14. The van der Waals surface area contributed by atoms with Crippen molar-refractivity contribution in [2.24, 2.45) is 0 Å². The number of hydrogen-bond acceptors (Lipinski definition) is 5. The minimum absolute atomic E-state index is 0.0922. The van der Waals surface area contributed by atoms with Crippen LogP contribution in [0.4, 0.5) is 10.2 Å². The van der Waals surface area contributed by atoms with Crippen LogP contribution >= 0.6 is 20.8 Å². The Morgan fingerprint density at radius 2 is 1.93 bits per heavy atom. The van der Waals surface area contributed by atoms with Gasteiger partial charge in [-0.25, -0.2) is 9.37 Å². The highest BCUT2D eigenvalue weighted by molar-refractivity contribution is 7.28. The van der Waals surface area contributed by atoms with Crippen LogP contribution in [0.25, 0.3) is 23.4 Å². The van der Waals surface area contributed by atoms with E-state index < -0.39 is 5.82 Å². The lowest BCUT2D eigenvalue weighted by atomic mass is 10.1. The largest absolute Gasteiger partial charge is 0.496 e. The first-order valence-electron chi connectivity index (χ1n) is 9.47. The molecule has 0 bridgehead atoms. The van der Waals surface area contributed by atoms with Crippen molar-refractivity contribution in [1.29, 1.82) is 0 Å². The molecule has 0 radical (unpaired) electrons. The van der Waals surface area contributed by atoms with E-state index in [-0.39, 0.29) is 5.75 Å². The minimum atomic E-state index is -0.496. The summed E-state index contributed by atoms with van der Waals surface area (Å²) in [5.74, 6) is 0.796. The summed E-state index contributed by atoms with van der Waals surface area (Å²) in [6, 6.07) is 3.36. The van der Waals surface area contributed by atoms with Gasteiger partial charge in [0.1, 0.15) is 11.6 Å². The standard InChI is InChI=1S/C22H25ClFN2O3P/c1-5-14-11-16(19-20(24)17(27-3)12-18(28-4)21(19)30)25-22(15(14)10-13(2)23)26-6-8-29-9-7-26/h5,10-12H,2,6-9,30H2,1,3-4H3/b14-5-,15-10+. The fourth-order valence-corrected chi connectivity index (χ4v) is 4.03. The van der Waals surface area contributed by atoms with E-state index in [0.717, 1.165) is 10.4 Å². The van der Waals surface area contributed by atoms with E-state index in [2.05, 4.69) is 20.7 Å². The molecule has 1 aliphatic heterocycles. The molecule has 1 unspecified atom stereocenters. The number of morpholine rings is 1. The van der Waals surface area contributed by atoms with Crippen LogP contribution in [0.3, 0.4) is 0 Å². The van der Waals surface area contributed by atoms with E-state index in [1.165, 1.54) is 20.3 Å². The van der Waals surface area contributed by atoms with Crippen LogP contribution < -0.4 is 30.1 Å². The Morgan fingerprint density at radius 3 is 2.50 bits per heavy atom. The monoisotopic (exact) mass is 450 g/mol. The van der Waals surface area contributed by atoms with Gasteiger partial charge in [-0.05, 0) is 24.3 Å². The molecule has 2 heterocycles. The third kappa shape index (κ3) is 4.46. The molecule has 3 rings (SSSR count). The number of ether oxygens (including phenoxy) is 3. The molecule has 1 aromatic carbocycles. The predicted molar refractivity (Wildman–Crippen MR) is 124 cm³/mol. The molecule has 160 valence electrons. The maximum Gasteiger partial charge on any atom is 0.175 e. The fraction of sp³-hybridized carbons (Fsp3) is 0.318. The Bertz CT molecular complexity index is 1060. The van der Waals surface area contributed by atoms with Crippen molar-refractivity contribution in [2.45, 2.75) is 6.92 Å². The number of anilines is 1. The van der Waals surface area contributed by atoms with E-state index in [1.54, 1.807) is 6.08 Å². The summed E-state index contributed by atoms with van der Waals surface area (Å²) >= 11 is 6.11. The van der Waals surface area contributed by atoms with Crippen LogP contribution in [0.15, 0.2) is 23.7 Å². The van der Waals surface area contributed by atoms with Crippen LogP contribution in [0, 0.1) is 5.82 Å². The highest BCUT2D eigenvalue weighted by atomic mass is 35.5. The molecule has 1 saturated heterocycles. The van der Waals surface area contributed by atoms with Crippen molar-refractivity contribution in [3.63, 3.8) is 0 Å². The number of pyridine rings is 1.